The van der Waals surface area contributed by atoms with E-state index in [-0.39, 0.29) is 20.4 Å². The molecule has 0 heterocycles. The molecule has 0 saturated heterocycles. The van der Waals surface area contributed by atoms with Crippen LogP contribution in [0.3, 0.4) is 0 Å². The van der Waals surface area contributed by atoms with Crippen molar-refractivity contribution in [3.8, 4) is 0 Å². The van der Waals surface area contributed by atoms with Gasteiger partial charge in [0.15, 0.2) is 20.2 Å². The molecule has 0 aromatic carbocycles. The Hall–Kier alpha value is 0.232. The van der Waals surface area contributed by atoms with Crippen LogP contribution in [0.2, 0.25) is 0 Å². The predicted octanol–water partition coefficient (Wildman–Crippen LogP) is 7.02. The van der Waals surface area contributed by atoms with E-state index in [1.165, 1.54) is 63.9 Å². The van der Waals surface area contributed by atoms with Crippen LogP contribution in [0.5, 0.6) is 0 Å². The summed E-state index contributed by atoms with van der Waals surface area (Å²) < 4.78 is 118. The molecule has 0 aromatic rings. The average Bonchev–Trinajstić information content (AvgIpc) is 2.82. The van der Waals surface area contributed by atoms with Crippen LogP contribution in [0, 0.1) is 0 Å². The molecule has 0 amide bonds. The van der Waals surface area contributed by atoms with E-state index in [1.54, 1.807) is 38.5 Å². The first-order valence-electron chi connectivity index (χ1n) is 13.0. The van der Waals surface area contributed by atoms with Crippen LogP contribution in [-0.4, -0.2) is 60.1 Å². The SMILES string of the molecule is C=CC[PH](C1CCCCC1)(C1CCCCC1)C1CCCCC1.O=S(=O)([O-])C(F)(F)F.O=S(=O)([O-])C(F)(F)F.[Pd+2]. The Morgan fingerprint density at radius 1 is 0.615 bits per heavy atom. The largest absolute Gasteiger partial charge is 2.00 e. The fourth-order valence-corrected chi connectivity index (χ4v) is 14.6. The molecule has 39 heavy (non-hydrogen) atoms. The monoisotopic (exact) mass is 726 g/mol. The Bertz CT molecular complexity index is 838. The summed E-state index contributed by atoms with van der Waals surface area (Å²) in [5.74, 6) is 0. The molecule has 3 saturated carbocycles. The Morgan fingerprint density at radius 2 is 0.821 bits per heavy atom. The van der Waals surface area contributed by atoms with Crippen molar-refractivity contribution in [1.82, 2.24) is 0 Å². The second-order valence-electron chi connectivity index (χ2n) is 10.4. The van der Waals surface area contributed by atoms with Crippen LogP contribution in [0.1, 0.15) is 96.3 Å². The van der Waals surface area contributed by atoms with Crippen molar-refractivity contribution in [2.45, 2.75) is 124 Å². The van der Waals surface area contributed by atoms with Crippen LogP contribution in [-0.2, 0) is 40.7 Å². The second kappa shape index (κ2) is 16.8. The Labute approximate surface area is 242 Å². The van der Waals surface area contributed by atoms with Crippen LogP contribution < -0.4 is 0 Å². The first kappa shape index (κ1) is 39.2. The number of rotatable bonds is 5. The van der Waals surface area contributed by atoms with Gasteiger partial charge >= 0.3 is 171 Å². The predicted molar refractivity (Wildman–Crippen MR) is 136 cm³/mol. The fraction of sp³-hybridized carbons (Fsp3) is 0.913. The van der Waals surface area contributed by atoms with E-state index >= 15 is 0 Å². The molecular weight excluding hydrogens is 688 g/mol. The third-order valence-electron chi connectivity index (χ3n) is 8.16. The minimum Gasteiger partial charge on any atom is -0.741 e. The third-order valence-corrected chi connectivity index (χ3v) is 16.6. The van der Waals surface area contributed by atoms with Gasteiger partial charge in [-0.2, -0.15) is 26.3 Å². The van der Waals surface area contributed by atoms with E-state index in [0.29, 0.717) is 0 Å². The van der Waals surface area contributed by atoms with Crippen molar-refractivity contribution in [3.05, 3.63) is 12.7 Å². The smallest absolute Gasteiger partial charge is 0.741 e. The molecule has 236 valence electrons. The summed E-state index contributed by atoms with van der Waals surface area (Å²) in [5.41, 5.74) is -7.82. The number of halogens is 6. The van der Waals surface area contributed by atoms with Crippen molar-refractivity contribution < 1.29 is 72.7 Å². The molecule has 0 atom stereocenters. The Morgan fingerprint density at radius 3 is 0.974 bits per heavy atom. The summed E-state index contributed by atoms with van der Waals surface area (Å²) >= 11 is 0. The summed E-state index contributed by atoms with van der Waals surface area (Å²) in [6, 6.07) is 0. The van der Waals surface area contributed by atoms with Gasteiger partial charge in [0.05, 0.1) is 0 Å². The quantitative estimate of drug-likeness (QED) is 0.0752. The molecule has 0 aliphatic heterocycles. The van der Waals surface area contributed by atoms with Crippen molar-refractivity contribution in [2.24, 2.45) is 0 Å². The summed E-state index contributed by atoms with van der Waals surface area (Å²) in [7, 11) is -13.4. The molecule has 0 unspecified atom stereocenters. The van der Waals surface area contributed by atoms with Crippen molar-refractivity contribution in [3.63, 3.8) is 0 Å². The second-order valence-corrected chi connectivity index (χ2v) is 18.2. The zero-order valence-electron chi connectivity index (χ0n) is 21.7. The van der Waals surface area contributed by atoms with E-state index in [2.05, 4.69) is 12.7 Å². The van der Waals surface area contributed by atoms with Gasteiger partial charge in [-0.1, -0.05) is 0 Å². The minimum atomic E-state index is -6.09. The molecule has 3 aliphatic rings. The maximum atomic E-state index is 10.7. The summed E-state index contributed by atoms with van der Waals surface area (Å²) in [6.45, 7) is 4.26. The molecular formula is C23H39F6O6PPdS2. The van der Waals surface area contributed by atoms with E-state index in [9.17, 15) is 26.3 Å². The zero-order chi connectivity index (χ0) is 29.3. The van der Waals surface area contributed by atoms with Crippen molar-refractivity contribution >= 4 is 27.5 Å². The third kappa shape index (κ3) is 12.2. The number of alkyl halides is 6. The number of hydrogen-bond donors (Lipinski definition) is 0. The fourth-order valence-electron chi connectivity index (χ4n) is 6.67. The van der Waals surface area contributed by atoms with E-state index in [1.807, 2.05) is 0 Å². The molecule has 3 aliphatic carbocycles. The maximum Gasteiger partial charge on any atom is 2.00 e. The molecule has 0 spiro atoms. The molecule has 0 radical (unpaired) electrons. The molecule has 0 aromatic heterocycles. The number of allylic oxidation sites excluding steroid dienone is 1. The molecule has 0 bridgehead atoms. The van der Waals surface area contributed by atoms with Crippen LogP contribution >= 0.6 is 7.26 Å². The first-order valence-corrected chi connectivity index (χ1v) is 18.3. The topological polar surface area (TPSA) is 114 Å². The molecule has 16 heteroatoms. The van der Waals surface area contributed by atoms with Gasteiger partial charge in [0.25, 0.3) is 0 Å². The van der Waals surface area contributed by atoms with Crippen LogP contribution in [0.25, 0.3) is 0 Å². The molecule has 0 N–H and O–H groups in total. The van der Waals surface area contributed by atoms with E-state index in [0.717, 1.165) is 17.0 Å². The van der Waals surface area contributed by atoms with Gasteiger partial charge in [0.2, 0.25) is 0 Å². The first-order chi connectivity index (χ1) is 17.4. The van der Waals surface area contributed by atoms with Gasteiger partial charge in [-0.25, -0.2) is 16.8 Å². The standard InChI is InChI=1S/C21H39P.2CHF3O3S.Pd/c1-2-18-22(19-12-6-3-7-13-19,20-14-8-4-9-15-20)21-16-10-5-11-17-21;2*2-1(3,4)8(5,6)7;/h2,19-22H,1,3-18H2;2*(H,5,6,7);/q;;;+2/p-2. The van der Waals surface area contributed by atoms with Gasteiger partial charge in [0.1, 0.15) is 0 Å². The van der Waals surface area contributed by atoms with Gasteiger partial charge in [-0.3, -0.25) is 0 Å². The zero-order valence-corrected chi connectivity index (χ0v) is 25.9. The molecule has 3 rings (SSSR count). The minimum absolute atomic E-state index is 0. The van der Waals surface area contributed by atoms with Gasteiger partial charge in [-0.05, 0) is 0 Å². The van der Waals surface area contributed by atoms with Crippen molar-refractivity contribution in [2.75, 3.05) is 6.16 Å². The van der Waals surface area contributed by atoms with Crippen LogP contribution in [0.15, 0.2) is 12.7 Å². The van der Waals surface area contributed by atoms with Crippen LogP contribution in [0.4, 0.5) is 26.3 Å². The van der Waals surface area contributed by atoms with Gasteiger partial charge in [-0.15, -0.1) is 0 Å². The Kier molecular flexibility index (Phi) is 16.9. The summed E-state index contributed by atoms with van der Waals surface area (Å²) in [5, 5.41) is 0. The molecule has 6 nitrogen and oxygen atoms in total. The maximum absolute atomic E-state index is 10.7. The van der Waals surface area contributed by atoms with E-state index < -0.39 is 38.5 Å². The van der Waals surface area contributed by atoms with Gasteiger partial charge < -0.3 is 9.11 Å². The van der Waals surface area contributed by atoms with Crippen molar-refractivity contribution in [1.29, 1.82) is 0 Å². The average molecular weight is 727 g/mol. The van der Waals surface area contributed by atoms with E-state index in [4.69, 9.17) is 25.9 Å². The van der Waals surface area contributed by atoms with Gasteiger partial charge in [0, 0.05) is 0 Å². The summed E-state index contributed by atoms with van der Waals surface area (Å²) in [4.78, 5) is 0. The molecule has 3 fully saturated rings. The normalized spacial score (nSPS) is 21.3. The number of hydrogen-bond acceptors (Lipinski definition) is 6. The Balaban J connectivity index is 0.000000708. The summed E-state index contributed by atoms with van der Waals surface area (Å²) in [6.07, 6.45) is 27.2.